The van der Waals surface area contributed by atoms with E-state index in [4.69, 9.17) is 18.9 Å². The van der Waals surface area contributed by atoms with Crippen LogP contribution < -0.4 is 4.74 Å². The molecule has 1 unspecified atom stereocenters. The third-order valence-electron chi connectivity index (χ3n) is 7.60. The molecule has 260 valence electrons. The molecule has 0 radical (unpaired) electrons. The summed E-state index contributed by atoms with van der Waals surface area (Å²) in [6, 6.07) is 15.8. The highest BCUT2D eigenvalue weighted by atomic mass is 19.1. The van der Waals surface area contributed by atoms with Crippen molar-refractivity contribution < 1.29 is 52.0 Å². The van der Waals surface area contributed by atoms with Crippen molar-refractivity contribution in [1.82, 2.24) is 0 Å². The molecule has 1 heterocycles. The molecule has 0 saturated carbocycles. The van der Waals surface area contributed by atoms with Crippen molar-refractivity contribution in [3.05, 3.63) is 130 Å². The standard InChI is InChI=1S/C38H36FNO10/c1-24(2)36(43)48-22-30-14-13-29(19-31(30)23-49-37(44)25(3)4)38(45)50-33-16-15-28(20-32(33)39)27-11-9-26(10-12-27)7-6-18-47-35(42)21-40(46)17-5-8-34(40)41/h5,8-16,19-20H,1,3,6-7,17-18,21-23H2,2,4H3. The van der Waals surface area contributed by atoms with Gasteiger partial charge in [-0.2, -0.15) is 0 Å². The second kappa shape index (κ2) is 16.6. The van der Waals surface area contributed by atoms with Gasteiger partial charge in [0.2, 0.25) is 0 Å². The van der Waals surface area contributed by atoms with Gasteiger partial charge in [0.25, 0.3) is 0 Å². The second-order valence-corrected chi connectivity index (χ2v) is 11.7. The summed E-state index contributed by atoms with van der Waals surface area (Å²) in [5.74, 6) is -4.59. The summed E-state index contributed by atoms with van der Waals surface area (Å²) in [6.07, 6.45) is 3.68. The lowest BCUT2D eigenvalue weighted by Gasteiger charge is -2.33. The number of carbonyl (C=O) groups is 5. The molecule has 12 heteroatoms. The largest absolute Gasteiger partial charge is 0.624 e. The Morgan fingerprint density at radius 2 is 1.48 bits per heavy atom. The summed E-state index contributed by atoms with van der Waals surface area (Å²) >= 11 is 0. The van der Waals surface area contributed by atoms with E-state index in [1.807, 2.05) is 12.1 Å². The number of nitrogens with zero attached hydrogens (tertiary/aromatic N) is 1. The first-order valence-corrected chi connectivity index (χ1v) is 15.6. The van der Waals surface area contributed by atoms with Gasteiger partial charge in [-0.15, -0.1) is 0 Å². The van der Waals surface area contributed by atoms with Gasteiger partial charge < -0.3 is 24.2 Å². The van der Waals surface area contributed by atoms with Gasteiger partial charge >= 0.3 is 29.8 Å². The number of amides is 1. The van der Waals surface area contributed by atoms with E-state index in [0.717, 1.165) is 5.56 Å². The number of halogens is 1. The molecular weight excluding hydrogens is 649 g/mol. The van der Waals surface area contributed by atoms with Crippen LogP contribution in [0.25, 0.3) is 11.1 Å². The molecular formula is C38H36FNO10. The van der Waals surface area contributed by atoms with E-state index < -0.39 is 46.8 Å². The third kappa shape index (κ3) is 9.91. The number of aryl methyl sites for hydroxylation is 1. The molecule has 0 saturated heterocycles. The first-order valence-electron chi connectivity index (χ1n) is 15.6. The van der Waals surface area contributed by atoms with Crippen molar-refractivity contribution in [2.24, 2.45) is 0 Å². The van der Waals surface area contributed by atoms with E-state index in [-0.39, 0.29) is 48.8 Å². The van der Waals surface area contributed by atoms with Gasteiger partial charge in [-0.1, -0.05) is 49.6 Å². The van der Waals surface area contributed by atoms with Gasteiger partial charge in [0, 0.05) is 17.2 Å². The Hall–Kier alpha value is -5.72. The monoisotopic (exact) mass is 685 g/mol. The lowest BCUT2D eigenvalue weighted by Crippen LogP contribution is -2.47. The number of carbonyl (C=O) groups excluding carboxylic acids is 5. The maximum atomic E-state index is 15.1. The summed E-state index contributed by atoms with van der Waals surface area (Å²) in [5, 5.41) is 12.3. The molecule has 0 N–H and O–H groups in total. The maximum Gasteiger partial charge on any atom is 0.362 e. The summed E-state index contributed by atoms with van der Waals surface area (Å²) in [6.45, 7) is 9.10. The number of hydrogen-bond donors (Lipinski definition) is 0. The normalized spacial score (nSPS) is 14.9. The zero-order valence-electron chi connectivity index (χ0n) is 27.7. The van der Waals surface area contributed by atoms with Crippen LogP contribution in [-0.2, 0) is 53.0 Å². The van der Waals surface area contributed by atoms with Crippen molar-refractivity contribution in [2.45, 2.75) is 39.9 Å². The number of hydroxylamine groups is 3. The van der Waals surface area contributed by atoms with Gasteiger partial charge in [0.05, 0.1) is 12.2 Å². The van der Waals surface area contributed by atoms with Gasteiger partial charge in [-0.25, -0.2) is 28.4 Å². The smallest absolute Gasteiger partial charge is 0.362 e. The van der Waals surface area contributed by atoms with E-state index >= 15 is 4.39 Å². The van der Waals surface area contributed by atoms with Crippen LogP contribution in [0.4, 0.5) is 4.39 Å². The lowest BCUT2D eigenvalue weighted by atomic mass is 10.0. The van der Waals surface area contributed by atoms with Crippen LogP contribution in [0.3, 0.4) is 0 Å². The third-order valence-corrected chi connectivity index (χ3v) is 7.60. The summed E-state index contributed by atoms with van der Waals surface area (Å²) in [4.78, 5) is 60.5. The fraction of sp³-hybridized carbons (Fsp3) is 0.237. The molecule has 50 heavy (non-hydrogen) atoms. The van der Waals surface area contributed by atoms with E-state index in [0.29, 0.717) is 35.1 Å². The molecule has 0 bridgehead atoms. The Kier molecular flexibility index (Phi) is 12.3. The topological polar surface area (TPSA) is 145 Å². The first kappa shape index (κ1) is 37.1. The number of ether oxygens (including phenoxy) is 4. The highest BCUT2D eigenvalue weighted by Gasteiger charge is 2.32. The van der Waals surface area contributed by atoms with Crippen LogP contribution in [0.2, 0.25) is 0 Å². The Bertz CT molecular complexity index is 1860. The Labute approximate surface area is 288 Å². The highest BCUT2D eigenvalue weighted by Crippen LogP contribution is 2.27. The molecule has 1 amide bonds. The van der Waals surface area contributed by atoms with Gasteiger partial charge in [0.1, 0.15) is 19.8 Å². The predicted octanol–water partition coefficient (Wildman–Crippen LogP) is 5.84. The van der Waals surface area contributed by atoms with E-state index in [1.165, 1.54) is 56.3 Å². The molecule has 3 aromatic rings. The van der Waals surface area contributed by atoms with Crippen molar-refractivity contribution in [3.8, 4) is 16.9 Å². The summed E-state index contributed by atoms with van der Waals surface area (Å²) in [7, 11) is 0. The Morgan fingerprint density at radius 3 is 2.08 bits per heavy atom. The Balaban J connectivity index is 1.34. The molecule has 11 nitrogen and oxygen atoms in total. The second-order valence-electron chi connectivity index (χ2n) is 11.7. The van der Waals surface area contributed by atoms with Crippen molar-refractivity contribution in [1.29, 1.82) is 0 Å². The highest BCUT2D eigenvalue weighted by molar-refractivity contribution is 5.92. The zero-order chi connectivity index (χ0) is 36.4. The number of benzene rings is 3. The molecule has 0 spiro atoms. The molecule has 0 fully saturated rings. The van der Waals surface area contributed by atoms with E-state index in [9.17, 15) is 29.2 Å². The minimum Gasteiger partial charge on any atom is -0.624 e. The van der Waals surface area contributed by atoms with Crippen LogP contribution in [0.15, 0.2) is 97.1 Å². The maximum absolute atomic E-state index is 15.1. The average Bonchev–Trinajstić information content (AvgIpc) is 3.41. The number of rotatable bonds is 15. The fourth-order valence-corrected chi connectivity index (χ4v) is 4.76. The van der Waals surface area contributed by atoms with Crippen molar-refractivity contribution in [2.75, 3.05) is 19.7 Å². The summed E-state index contributed by atoms with van der Waals surface area (Å²) in [5.41, 5.74) is 3.46. The van der Waals surface area contributed by atoms with Crippen molar-refractivity contribution in [3.63, 3.8) is 0 Å². The lowest BCUT2D eigenvalue weighted by molar-refractivity contribution is -0.783. The average molecular weight is 686 g/mol. The number of esters is 4. The molecule has 3 aromatic carbocycles. The SMILES string of the molecule is C=C(C)C(=O)OCc1ccc(C(=O)Oc2ccc(-c3ccc(CCCOC(=O)C[N+]4([O-])CC=CC4=O)cc3)cc2F)cc1COC(=O)C(=C)C. The predicted molar refractivity (Wildman–Crippen MR) is 179 cm³/mol. The molecule has 1 atom stereocenters. The molecule has 1 aliphatic rings. The van der Waals surface area contributed by atoms with E-state index in [2.05, 4.69) is 13.2 Å². The van der Waals surface area contributed by atoms with Crippen LogP contribution in [0.1, 0.15) is 47.3 Å². The van der Waals surface area contributed by atoms with Gasteiger partial charge in [-0.3, -0.25) is 4.65 Å². The summed E-state index contributed by atoms with van der Waals surface area (Å²) < 4.78 is 34.8. The Morgan fingerprint density at radius 1 is 0.840 bits per heavy atom. The number of quaternary nitrogens is 1. The zero-order valence-corrected chi connectivity index (χ0v) is 27.7. The minimum absolute atomic E-state index is 0.0462. The molecule has 4 rings (SSSR count). The fourth-order valence-electron chi connectivity index (χ4n) is 4.76. The number of hydrogen-bond acceptors (Lipinski definition) is 10. The van der Waals surface area contributed by atoms with Gasteiger partial charge in [0.15, 0.2) is 18.1 Å². The molecule has 0 aliphatic carbocycles. The minimum atomic E-state index is -1.26. The first-order chi connectivity index (χ1) is 23.8. The van der Waals surface area contributed by atoms with Crippen LogP contribution in [0.5, 0.6) is 5.75 Å². The quantitative estimate of drug-likeness (QED) is 0.0364. The van der Waals surface area contributed by atoms with Crippen LogP contribution in [0, 0.1) is 11.0 Å². The van der Waals surface area contributed by atoms with Gasteiger partial charge in [-0.05, 0) is 84.8 Å². The van der Waals surface area contributed by atoms with Crippen LogP contribution in [-0.4, -0.2) is 54.1 Å². The molecule has 0 aromatic heterocycles. The van der Waals surface area contributed by atoms with E-state index in [1.54, 1.807) is 18.2 Å². The molecule has 1 aliphatic heterocycles. The van der Waals surface area contributed by atoms with Crippen molar-refractivity contribution >= 4 is 29.8 Å². The van der Waals surface area contributed by atoms with Crippen LogP contribution >= 0.6 is 0 Å².